The molecule has 0 aliphatic rings. The van der Waals surface area contributed by atoms with Gasteiger partial charge in [0, 0.05) is 0 Å². The first-order valence-corrected chi connectivity index (χ1v) is 10.2. The van der Waals surface area contributed by atoms with E-state index in [4.69, 9.17) is 5.11 Å². The van der Waals surface area contributed by atoms with Crippen molar-refractivity contribution in [2.45, 2.75) is 36.6 Å². The van der Waals surface area contributed by atoms with Crippen molar-refractivity contribution in [2.24, 2.45) is 0 Å². The van der Waals surface area contributed by atoms with Crippen LogP contribution < -0.4 is 10.0 Å². The smallest absolute Gasteiger partial charge is 0.305 e. The van der Waals surface area contributed by atoms with Crippen LogP contribution in [0.5, 0.6) is 0 Å². The topological polar surface area (TPSA) is 113 Å². The molecular weight excluding hydrogens is 376 g/mol. The molecule has 0 saturated carbocycles. The van der Waals surface area contributed by atoms with Gasteiger partial charge in [-0.3, -0.25) is 9.59 Å². The van der Waals surface area contributed by atoms with Crippen LogP contribution in [0.15, 0.2) is 46.0 Å². The molecule has 0 aliphatic heterocycles. The summed E-state index contributed by atoms with van der Waals surface area (Å²) in [5, 5.41) is 13.4. The molecule has 2 atom stereocenters. The Balaban J connectivity index is 2.14. The summed E-state index contributed by atoms with van der Waals surface area (Å²) in [6, 6.07) is 8.37. The lowest BCUT2D eigenvalue weighted by atomic mass is 9.98. The summed E-state index contributed by atoms with van der Waals surface area (Å²) in [6.45, 7) is 3.23. The second-order valence-corrected chi connectivity index (χ2v) is 8.68. The van der Waals surface area contributed by atoms with Crippen molar-refractivity contribution in [2.75, 3.05) is 0 Å². The number of hydrogen-bond donors (Lipinski definition) is 3. The fourth-order valence-electron chi connectivity index (χ4n) is 2.45. The third-order valence-corrected chi connectivity index (χ3v) is 6.68. The van der Waals surface area contributed by atoms with E-state index in [9.17, 15) is 18.0 Å². The van der Waals surface area contributed by atoms with Gasteiger partial charge in [-0.1, -0.05) is 30.3 Å². The molecule has 1 heterocycles. The Bertz CT molecular complexity index is 878. The van der Waals surface area contributed by atoms with Gasteiger partial charge >= 0.3 is 5.97 Å². The third kappa shape index (κ3) is 5.13. The van der Waals surface area contributed by atoms with Crippen molar-refractivity contribution < 1.29 is 23.1 Å². The van der Waals surface area contributed by atoms with E-state index in [1.807, 2.05) is 19.1 Å². The number of carboxylic acid groups (broad SMARTS) is 1. The van der Waals surface area contributed by atoms with E-state index in [1.165, 1.54) is 13.0 Å². The molecule has 1 aromatic carbocycles. The monoisotopic (exact) mass is 396 g/mol. The summed E-state index contributed by atoms with van der Waals surface area (Å²) in [6.07, 6.45) is -0.305. The fourth-order valence-corrected chi connectivity index (χ4v) is 4.66. The van der Waals surface area contributed by atoms with Crippen molar-refractivity contribution in [3.05, 3.63) is 52.9 Å². The number of aryl methyl sites for hydroxylation is 1. The maximum atomic E-state index is 12.4. The van der Waals surface area contributed by atoms with Gasteiger partial charge in [-0.05, 0) is 36.4 Å². The van der Waals surface area contributed by atoms with Crippen LogP contribution in [0.2, 0.25) is 0 Å². The van der Waals surface area contributed by atoms with Crippen LogP contribution in [0.4, 0.5) is 0 Å². The number of carbonyl (C=O) groups excluding carboxylic acids is 1. The second kappa shape index (κ2) is 8.43. The van der Waals surface area contributed by atoms with E-state index < -0.39 is 34.0 Å². The van der Waals surface area contributed by atoms with Gasteiger partial charge < -0.3 is 10.4 Å². The Labute approximate surface area is 156 Å². The van der Waals surface area contributed by atoms with Crippen LogP contribution in [0, 0.1) is 6.92 Å². The van der Waals surface area contributed by atoms with Gasteiger partial charge in [-0.2, -0.15) is 4.72 Å². The molecule has 0 fully saturated rings. The van der Waals surface area contributed by atoms with Gasteiger partial charge in [0.1, 0.15) is 4.21 Å². The van der Waals surface area contributed by atoms with Crippen molar-refractivity contribution in [1.82, 2.24) is 10.0 Å². The van der Waals surface area contributed by atoms with E-state index in [0.717, 1.165) is 16.9 Å². The largest absolute Gasteiger partial charge is 0.481 e. The van der Waals surface area contributed by atoms with Gasteiger partial charge in [0.05, 0.1) is 18.5 Å². The zero-order valence-corrected chi connectivity index (χ0v) is 15.9. The normalized spacial score (nSPS) is 13.8. The van der Waals surface area contributed by atoms with Gasteiger partial charge in [0.2, 0.25) is 5.91 Å². The number of amides is 1. The molecule has 3 N–H and O–H groups in total. The Morgan fingerprint density at radius 1 is 1.19 bits per heavy atom. The lowest BCUT2D eigenvalue weighted by molar-refractivity contribution is -0.137. The standard InChI is InChI=1S/C17H20N2O5S2/c1-11-6-3-4-7-13(11)14(10-15(20)21)18-17(22)12(2)19-26(23,24)16-8-5-9-25-16/h3-9,12,14,19H,10H2,1-2H3,(H,18,22)(H,20,21). The van der Waals surface area contributed by atoms with Gasteiger partial charge in [-0.15, -0.1) is 11.3 Å². The first-order valence-electron chi connectivity index (χ1n) is 7.84. The zero-order chi connectivity index (χ0) is 19.3. The molecule has 2 rings (SSSR count). The van der Waals surface area contributed by atoms with Crippen LogP contribution in [-0.4, -0.2) is 31.4 Å². The Morgan fingerprint density at radius 2 is 1.88 bits per heavy atom. The lowest BCUT2D eigenvalue weighted by Gasteiger charge is -2.22. The van der Waals surface area contributed by atoms with Crippen LogP contribution in [0.25, 0.3) is 0 Å². The fraction of sp³-hybridized carbons (Fsp3) is 0.294. The van der Waals surface area contributed by atoms with E-state index in [2.05, 4.69) is 10.0 Å². The average molecular weight is 396 g/mol. The summed E-state index contributed by atoms with van der Waals surface area (Å²) in [5.74, 6) is -1.66. The molecule has 9 heteroatoms. The second-order valence-electron chi connectivity index (χ2n) is 5.79. The lowest BCUT2D eigenvalue weighted by Crippen LogP contribution is -2.46. The molecule has 26 heavy (non-hydrogen) atoms. The first-order chi connectivity index (χ1) is 12.2. The molecule has 2 aromatic rings. The van der Waals surface area contributed by atoms with Crippen molar-refractivity contribution in [3.63, 3.8) is 0 Å². The summed E-state index contributed by atoms with van der Waals surface area (Å²) < 4.78 is 26.9. The summed E-state index contributed by atoms with van der Waals surface area (Å²) in [7, 11) is -3.80. The maximum Gasteiger partial charge on any atom is 0.305 e. The van der Waals surface area contributed by atoms with Crippen LogP contribution in [0.3, 0.4) is 0 Å². The minimum absolute atomic E-state index is 0.109. The van der Waals surface area contributed by atoms with Crippen molar-refractivity contribution in [3.8, 4) is 0 Å². The number of hydrogen-bond acceptors (Lipinski definition) is 5. The molecule has 0 saturated heterocycles. The van der Waals surface area contributed by atoms with E-state index in [1.54, 1.807) is 23.6 Å². The maximum absolute atomic E-state index is 12.4. The number of benzene rings is 1. The first kappa shape index (κ1) is 20.1. The number of nitrogens with one attached hydrogen (secondary N) is 2. The molecule has 1 aromatic heterocycles. The molecule has 0 spiro atoms. The summed E-state index contributed by atoms with van der Waals surface area (Å²) in [5.41, 5.74) is 1.52. The highest BCUT2D eigenvalue weighted by molar-refractivity contribution is 7.91. The van der Waals surface area contributed by atoms with Crippen LogP contribution in [0.1, 0.15) is 30.5 Å². The predicted molar refractivity (Wildman–Crippen MR) is 98.4 cm³/mol. The SMILES string of the molecule is Cc1ccccc1C(CC(=O)O)NC(=O)C(C)NS(=O)(=O)c1cccs1. The minimum Gasteiger partial charge on any atom is -0.481 e. The predicted octanol–water partition coefficient (Wildman–Crippen LogP) is 2.06. The van der Waals surface area contributed by atoms with Crippen LogP contribution in [-0.2, 0) is 19.6 Å². The average Bonchev–Trinajstić information content (AvgIpc) is 3.09. The minimum atomic E-state index is -3.80. The van der Waals surface area contributed by atoms with E-state index >= 15 is 0 Å². The van der Waals surface area contributed by atoms with Gasteiger partial charge in [0.25, 0.3) is 10.0 Å². The summed E-state index contributed by atoms with van der Waals surface area (Å²) in [4.78, 5) is 23.6. The van der Waals surface area contributed by atoms with E-state index in [0.29, 0.717) is 5.56 Å². The van der Waals surface area contributed by atoms with Crippen LogP contribution >= 0.6 is 11.3 Å². The number of aliphatic carboxylic acids is 1. The molecule has 0 radical (unpaired) electrons. The molecule has 2 unspecified atom stereocenters. The van der Waals surface area contributed by atoms with Gasteiger partial charge in [0.15, 0.2) is 0 Å². The quantitative estimate of drug-likeness (QED) is 0.632. The van der Waals surface area contributed by atoms with Gasteiger partial charge in [-0.25, -0.2) is 8.42 Å². The zero-order valence-electron chi connectivity index (χ0n) is 14.3. The number of rotatable bonds is 8. The molecule has 140 valence electrons. The Morgan fingerprint density at radius 3 is 2.46 bits per heavy atom. The molecule has 0 aliphatic carbocycles. The molecule has 7 nitrogen and oxygen atoms in total. The number of carboxylic acids is 1. The number of carbonyl (C=O) groups is 2. The van der Waals surface area contributed by atoms with E-state index in [-0.39, 0.29) is 10.6 Å². The molecule has 0 bridgehead atoms. The highest BCUT2D eigenvalue weighted by Crippen LogP contribution is 2.21. The van der Waals surface area contributed by atoms with Crippen molar-refractivity contribution in [1.29, 1.82) is 0 Å². The third-order valence-electron chi connectivity index (χ3n) is 3.74. The molecule has 1 amide bonds. The van der Waals surface area contributed by atoms with Crippen molar-refractivity contribution >= 4 is 33.2 Å². The highest BCUT2D eigenvalue weighted by Gasteiger charge is 2.26. The Hall–Kier alpha value is -2.23. The molecular formula is C17H20N2O5S2. The number of sulfonamides is 1. The number of thiophene rings is 1. The highest BCUT2D eigenvalue weighted by atomic mass is 32.2. The Kier molecular flexibility index (Phi) is 6.52. The summed E-state index contributed by atoms with van der Waals surface area (Å²) >= 11 is 1.04.